The van der Waals surface area contributed by atoms with Crippen molar-refractivity contribution >= 4 is 37.5 Å². The third kappa shape index (κ3) is 3.12. The molecule has 3 aromatic carbocycles. The van der Waals surface area contributed by atoms with E-state index in [0.29, 0.717) is 11.6 Å². The van der Waals surface area contributed by atoms with E-state index >= 15 is 0 Å². The molecule has 4 nitrogen and oxygen atoms in total. The van der Waals surface area contributed by atoms with Crippen LogP contribution in [0, 0.1) is 0 Å². The van der Waals surface area contributed by atoms with Gasteiger partial charge in [-0.2, -0.15) is 13.2 Å². The molecule has 2 N–H and O–H groups in total. The Morgan fingerprint density at radius 3 is 2.33 bits per heavy atom. The Kier molecular flexibility index (Phi) is 3.88. The van der Waals surface area contributed by atoms with E-state index in [2.05, 4.69) is 9.71 Å². The number of hydrogen-bond acceptors (Lipinski definition) is 2. The van der Waals surface area contributed by atoms with Crippen molar-refractivity contribution in [3.63, 3.8) is 0 Å². The molecule has 0 unspecified atom stereocenters. The number of halogens is 3. The first-order chi connectivity index (χ1) is 12.8. The number of para-hydroxylation sites is 2. The molecule has 8 heteroatoms. The molecular formula is C19H13F3N2O2S. The van der Waals surface area contributed by atoms with Gasteiger partial charge in [-0.15, -0.1) is 0 Å². The van der Waals surface area contributed by atoms with E-state index in [1.54, 1.807) is 12.1 Å². The van der Waals surface area contributed by atoms with Gasteiger partial charge in [-0.1, -0.05) is 36.4 Å². The summed E-state index contributed by atoms with van der Waals surface area (Å²) in [4.78, 5) is 2.70. The minimum absolute atomic E-state index is 0.265. The summed E-state index contributed by atoms with van der Waals surface area (Å²) in [6, 6.07) is 16.2. The van der Waals surface area contributed by atoms with Crippen molar-refractivity contribution in [1.82, 2.24) is 4.98 Å². The van der Waals surface area contributed by atoms with E-state index in [4.69, 9.17) is 0 Å². The number of alkyl halides is 3. The van der Waals surface area contributed by atoms with Crippen LogP contribution in [-0.2, 0) is 16.2 Å². The maximum atomic E-state index is 12.9. The number of anilines is 1. The molecule has 0 atom stereocenters. The van der Waals surface area contributed by atoms with Crippen LogP contribution in [0.1, 0.15) is 5.56 Å². The largest absolute Gasteiger partial charge is 0.416 e. The van der Waals surface area contributed by atoms with Crippen LogP contribution in [0.15, 0.2) is 71.6 Å². The zero-order chi connectivity index (χ0) is 19.2. The third-order valence-electron chi connectivity index (χ3n) is 4.26. The van der Waals surface area contributed by atoms with E-state index in [0.717, 1.165) is 34.5 Å². The Bertz CT molecular complexity index is 1260. The van der Waals surface area contributed by atoms with Gasteiger partial charge in [0.1, 0.15) is 0 Å². The van der Waals surface area contributed by atoms with Crippen LogP contribution in [0.4, 0.5) is 18.9 Å². The summed E-state index contributed by atoms with van der Waals surface area (Å²) in [5.74, 6) is 0. The van der Waals surface area contributed by atoms with Gasteiger partial charge >= 0.3 is 6.18 Å². The summed E-state index contributed by atoms with van der Waals surface area (Å²) in [5.41, 5.74) is 0.641. The van der Waals surface area contributed by atoms with E-state index in [-0.39, 0.29) is 5.69 Å². The van der Waals surface area contributed by atoms with Crippen LogP contribution in [0.3, 0.4) is 0 Å². The Hall–Kier alpha value is -3.00. The zero-order valence-corrected chi connectivity index (χ0v) is 14.5. The van der Waals surface area contributed by atoms with E-state index in [9.17, 15) is 21.6 Å². The van der Waals surface area contributed by atoms with Crippen molar-refractivity contribution in [3.05, 3.63) is 72.3 Å². The Balaban J connectivity index is 1.80. The summed E-state index contributed by atoms with van der Waals surface area (Å²) in [6.45, 7) is 0. The monoisotopic (exact) mass is 390 g/mol. The number of fused-ring (bicyclic) bond motifs is 3. The number of H-pyrrole nitrogens is 1. The molecule has 0 aliphatic carbocycles. The molecule has 1 heterocycles. The van der Waals surface area contributed by atoms with Crippen molar-refractivity contribution in [3.8, 4) is 0 Å². The number of sulfonamides is 1. The topological polar surface area (TPSA) is 62.0 Å². The summed E-state index contributed by atoms with van der Waals surface area (Å²) in [5, 5.41) is 1.74. The molecule has 0 saturated carbocycles. The fourth-order valence-electron chi connectivity index (χ4n) is 3.00. The number of benzene rings is 3. The van der Waals surface area contributed by atoms with E-state index in [1.165, 1.54) is 0 Å². The van der Waals surface area contributed by atoms with Crippen LogP contribution in [-0.4, -0.2) is 13.4 Å². The first-order valence-corrected chi connectivity index (χ1v) is 9.43. The molecule has 4 aromatic rings. The molecule has 138 valence electrons. The van der Waals surface area contributed by atoms with Crippen molar-refractivity contribution in [1.29, 1.82) is 0 Å². The average Bonchev–Trinajstić information content (AvgIpc) is 3.01. The van der Waals surface area contributed by atoms with Crippen LogP contribution in [0.2, 0.25) is 0 Å². The fourth-order valence-corrected chi connectivity index (χ4v) is 4.12. The van der Waals surface area contributed by atoms with Gasteiger partial charge in [-0.25, -0.2) is 8.42 Å². The number of aromatic amines is 1. The highest BCUT2D eigenvalue weighted by atomic mass is 32.2. The minimum Gasteiger partial charge on any atom is -0.353 e. The van der Waals surface area contributed by atoms with Gasteiger partial charge in [-0.3, -0.25) is 4.72 Å². The number of rotatable bonds is 3. The molecule has 0 bridgehead atoms. The van der Waals surface area contributed by atoms with Gasteiger partial charge in [0, 0.05) is 16.3 Å². The van der Waals surface area contributed by atoms with Crippen LogP contribution < -0.4 is 4.72 Å². The second-order valence-corrected chi connectivity index (χ2v) is 7.71. The first kappa shape index (κ1) is 17.4. The number of aromatic nitrogens is 1. The average molecular weight is 390 g/mol. The van der Waals surface area contributed by atoms with Crippen molar-refractivity contribution in [2.24, 2.45) is 0 Å². The third-order valence-corrected chi connectivity index (χ3v) is 5.62. The van der Waals surface area contributed by atoms with Crippen molar-refractivity contribution in [2.45, 2.75) is 11.1 Å². The second kappa shape index (κ2) is 6.02. The molecule has 4 rings (SSSR count). The highest BCUT2D eigenvalue weighted by Crippen LogP contribution is 2.33. The molecule has 1 aromatic heterocycles. The second-order valence-electron chi connectivity index (χ2n) is 6.03. The Morgan fingerprint density at radius 2 is 1.56 bits per heavy atom. The normalized spacial score (nSPS) is 12.6. The fraction of sp³-hybridized carbons (Fsp3) is 0.0526. The summed E-state index contributed by atoms with van der Waals surface area (Å²) in [7, 11) is -4.20. The minimum atomic E-state index is -4.62. The van der Waals surface area contributed by atoms with Gasteiger partial charge in [0.05, 0.1) is 21.7 Å². The molecule has 0 saturated heterocycles. The molecule has 0 aliphatic rings. The lowest BCUT2D eigenvalue weighted by Crippen LogP contribution is -2.14. The van der Waals surface area contributed by atoms with Gasteiger partial charge in [0.25, 0.3) is 10.0 Å². The van der Waals surface area contributed by atoms with Gasteiger partial charge in [0.15, 0.2) is 0 Å². The maximum absolute atomic E-state index is 12.9. The Labute approximate surface area is 152 Å². The van der Waals surface area contributed by atoms with Gasteiger partial charge in [0.2, 0.25) is 0 Å². The van der Waals surface area contributed by atoms with Crippen LogP contribution >= 0.6 is 0 Å². The lowest BCUT2D eigenvalue weighted by atomic mass is 10.1. The quantitative estimate of drug-likeness (QED) is 0.509. The van der Waals surface area contributed by atoms with Crippen molar-refractivity contribution in [2.75, 3.05) is 4.72 Å². The lowest BCUT2D eigenvalue weighted by molar-refractivity contribution is -0.137. The highest BCUT2D eigenvalue weighted by molar-refractivity contribution is 7.92. The number of nitrogens with one attached hydrogen (secondary N) is 2. The zero-order valence-electron chi connectivity index (χ0n) is 13.7. The first-order valence-electron chi connectivity index (χ1n) is 7.95. The Morgan fingerprint density at radius 1 is 0.852 bits per heavy atom. The molecule has 0 fully saturated rings. The molecule has 0 radical (unpaired) electrons. The predicted octanol–water partition coefficient (Wildman–Crippen LogP) is 5.14. The van der Waals surface area contributed by atoms with E-state index < -0.39 is 26.7 Å². The molecular weight excluding hydrogens is 377 g/mol. The summed E-state index contributed by atoms with van der Waals surface area (Å²) in [6.07, 6.45) is -4.62. The van der Waals surface area contributed by atoms with Crippen molar-refractivity contribution < 1.29 is 21.6 Å². The maximum Gasteiger partial charge on any atom is 0.416 e. The molecule has 0 spiro atoms. The predicted molar refractivity (Wildman–Crippen MR) is 98.1 cm³/mol. The standard InChI is InChI=1S/C19H13F3N2O2S/c20-19(21,22)12-5-3-6-13(11-12)27(25,26)24-17-10-4-8-15-14-7-1-2-9-16(14)23-18(15)17/h1-11,23-24H. The lowest BCUT2D eigenvalue weighted by Gasteiger charge is -2.11. The summed E-state index contributed by atoms with van der Waals surface area (Å²) < 4.78 is 66.4. The highest BCUT2D eigenvalue weighted by Gasteiger charge is 2.31. The smallest absolute Gasteiger partial charge is 0.353 e. The van der Waals surface area contributed by atoms with E-state index in [1.807, 2.05) is 30.3 Å². The van der Waals surface area contributed by atoms with Gasteiger partial charge < -0.3 is 4.98 Å². The SMILES string of the molecule is O=S(=O)(Nc1cccc2c1[nH]c1ccccc12)c1cccc(C(F)(F)F)c1. The molecule has 27 heavy (non-hydrogen) atoms. The molecule has 0 aliphatic heterocycles. The van der Waals surface area contributed by atoms with Crippen LogP contribution in [0.25, 0.3) is 21.8 Å². The van der Waals surface area contributed by atoms with Gasteiger partial charge in [-0.05, 0) is 30.3 Å². The molecule has 0 amide bonds. The summed E-state index contributed by atoms with van der Waals surface area (Å²) >= 11 is 0. The van der Waals surface area contributed by atoms with Crippen LogP contribution in [0.5, 0.6) is 0 Å². The number of hydrogen-bond donors (Lipinski definition) is 2.